The van der Waals surface area contributed by atoms with Crippen LogP contribution in [-0.2, 0) is 15.5 Å². The summed E-state index contributed by atoms with van der Waals surface area (Å²) in [6.07, 6.45) is 2.03. The van der Waals surface area contributed by atoms with Gasteiger partial charge in [0.15, 0.2) is 0 Å². The van der Waals surface area contributed by atoms with Gasteiger partial charge in [-0.1, -0.05) is 68.0 Å². The van der Waals surface area contributed by atoms with Gasteiger partial charge in [0.25, 0.3) is 0 Å². The molecule has 2 aromatic carbocycles. The van der Waals surface area contributed by atoms with Crippen LogP contribution in [-0.4, -0.2) is 10.3 Å². The maximum Gasteiger partial charge on any atom is 0.122 e. The van der Waals surface area contributed by atoms with Gasteiger partial charge in [-0.25, -0.2) is 4.21 Å². The van der Waals surface area contributed by atoms with E-state index in [2.05, 4.69) is 32.1 Å². The number of epoxide rings is 1. The van der Waals surface area contributed by atoms with Crippen molar-refractivity contribution in [3.05, 3.63) is 76.7 Å². The molecule has 3 heteroatoms. The van der Waals surface area contributed by atoms with Crippen molar-refractivity contribution in [1.82, 2.24) is 0 Å². The Morgan fingerprint density at radius 3 is 2.35 bits per heavy atom. The van der Waals surface area contributed by atoms with Crippen molar-refractivity contribution in [2.24, 2.45) is 5.92 Å². The fourth-order valence-electron chi connectivity index (χ4n) is 2.61. The molecular formula is C20H22O2S. The Hall–Kier alpha value is -1.71. The number of hydrogen-bond donors (Lipinski definition) is 0. The molecule has 0 spiro atoms. The maximum absolute atomic E-state index is 13.0. The van der Waals surface area contributed by atoms with E-state index in [1.807, 2.05) is 49.4 Å². The highest BCUT2D eigenvalue weighted by Gasteiger charge is 2.45. The second-order valence-corrected chi connectivity index (χ2v) is 7.76. The zero-order valence-corrected chi connectivity index (χ0v) is 14.5. The molecule has 3 atom stereocenters. The molecule has 1 fully saturated rings. The molecule has 2 nitrogen and oxygen atoms in total. The third kappa shape index (κ3) is 3.80. The molecule has 2 aromatic rings. The molecule has 1 saturated heterocycles. The van der Waals surface area contributed by atoms with Gasteiger partial charge in [-0.3, -0.25) is 0 Å². The number of allylic oxidation sites excluding steroid dienone is 1. The van der Waals surface area contributed by atoms with Crippen LogP contribution in [0.4, 0.5) is 0 Å². The third-order valence-electron chi connectivity index (χ3n) is 3.85. The van der Waals surface area contributed by atoms with Crippen LogP contribution in [0, 0.1) is 12.8 Å². The highest BCUT2D eigenvalue weighted by atomic mass is 32.2. The van der Waals surface area contributed by atoms with Crippen LogP contribution in [0.1, 0.15) is 31.1 Å². The van der Waals surface area contributed by atoms with Gasteiger partial charge >= 0.3 is 0 Å². The van der Waals surface area contributed by atoms with Gasteiger partial charge in [-0.05, 0) is 30.5 Å². The summed E-state index contributed by atoms with van der Waals surface area (Å²) in [7, 11) is -1.18. The summed E-state index contributed by atoms with van der Waals surface area (Å²) in [6, 6.07) is 18.0. The van der Waals surface area contributed by atoms with Gasteiger partial charge in [-0.2, -0.15) is 0 Å². The normalized spacial score (nSPS) is 22.2. The molecule has 3 rings (SSSR count). The summed E-state index contributed by atoms with van der Waals surface area (Å²) in [4.78, 5) is 1.72. The first-order valence-electron chi connectivity index (χ1n) is 7.97. The predicted octanol–water partition coefficient (Wildman–Crippen LogP) is 4.78. The predicted molar refractivity (Wildman–Crippen MR) is 94.6 cm³/mol. The van der Waals surface area contributed by atoms with Gasteiger partial charge in [0, 0.05) is 9.80 Å². The average molecular weight is 326 g/mol. The number of benzene rings is 2. The van der Waals surface area contributed by atoms with Crippen LogP contribution in [0.5, 0.6) is 0 Å². The zero-order valence-electron chi connectivity index (χ0n) is 13.7. The van der Waals surface area contributed by atoms with Crippen molar-refractivity contribution in [1.29, 1.82) is 0 Å². The van der Waals surface area contributed by atoms with Crippen molar-refractivity contribution in [3.63, 3.8) is 0 Å². The minimum atomic E-state index is -1.18. The lowest BCUT2D eigenvalue weighted by molar-refractivity contribution is 0.391. The van der Waals surface area contributed by atoms with Gasteiger partial charge < -0.3 is 4.74 Å². The molecule has 0 N–H and O–H groups in total. The first kappa shape index (κ1) is 16.2. The van der Waals surface area contributed by atoms with E-state index in [0.717, 1.165) is 15.4 Å². The van der Waals surface area contributed by atoms with Gasteiger partial charge in [0.1, 0.15) is 12.2 Å². The lowest BCUT2D eigenvalue weighted by Crippen LogP contribution is -2.05. The third-order valence-corrected chi connectivity index (χ3v) is 5.34. The first-order valence-corrected chi connectivity index (χ1v) is 9.12. The Bertz CT molecular complexity index is 717. The molecule has 0 aromatic heterocycles. The van der Waals surface area contributed by atoms with Crippen molar-refractivity contribution >= 4 is 10.8 Å². The Kier molecular flexibility index (Phi) is 4.79. The molecule has 120 valence electrons. The smallest absolute Gasteiger partial charge is 0.122 e. The molecule has 1 aliphatic rings. The largest absolute Gasteiger partial charge is 0.359 e. The van der Waals surface area contributed by atoms with E-state index in [0.29, 0.717) is 5.92 Å². The Morgan fingerprint density at radius 2 is 1.74 bits per heavy atom. The molecule has 1 heterocycles. The highest BCUT2D eigenvalue weighted by Crippen LogP contribution is 2.45. The highest BCUT2D eigenvalue weighted by molar-refractivity contribution is 7.89. The minimum absolute atomic E-state index is 0.0237. The Labute approximate surface area is 140 Å². The first-order chi connectivity index (χ1) is 11.1. The fourth-order valence-corrected chi connectivity index (χ4v) is 4.05. The van der Waals surface area contributed by atoms with Crippen molar-refractivity contribution in [2.75, 3.05) is 0 Å². The molecule has 23 heavy (non-hydrogen) atoms. The molecule has 0 saturated carbocycles. The minimum Gasteiger partial charge on any atom is -0.359 e. The van der Waals surface area contributed by atoms with Crippen LogP contribution in [0.3, 0.4) is 0 Å². The lowest BCUT2D eigenvalue weighted by Gasteiger charge is -2.08. The van der Waals surface area contributed by atoms with E-state index in [-0.39, 0.29) is 12.2 Å². The molecule has 0 radical (unpaired) electrons. The summed E-state index contributed by atoms with van der Waals surface area (Å²) >= 11 is 0. The molecule has 0 bridgehead atoms. The topological polar surface area (TPSA) is 29.6 Å². The van der Waals surface area contributed by atoms with Gasteiger partial charge in [0.05, 0.1) is 10.8 Å². The lowest BCUT2D eigenvalue weighted by atomic mass is 10.1. The quantitative estimate of drug-likeness (QED) is 0.740. The second-order valence-electron chi connectivity index (χ2n) is 6.28. The molecular weight excluding hydrogens is 304 g/mol. The second kappa shape index (κ2) is 6.81. The Balaban J connectivity index is 1.85. The van der Waals surface area contributed by atoms with E-state index in [9.17, 15) is 4.21 Å². The fraction of sp³-hybridized carbons (Fsp3) is 0.300. The number of rotatable bonds is 5. The maximum atomic E-state index is 13.0. The van der Waals surface area contributed by atoms with E-state index in [1.54, 1.807) is 0 Å². The van der Waals surface area contributed by atoms with Crippen molar-refractivity contribution in [2.45, 2.75) is 37.9 Å². The summed E-state index contributed by atoms with van der Waals surface area (Å²) in [5.74, 6) is 0.333. The molecule has 0 aliphatic carbocycles. The molecule has 0 unspecified atom stereocenters. The van der Waals surface area contributed by atoms with Crippen LogP contribution in [0.2, 0.25) is 0 Å². The summed E-state index contributed by atoms with van der Waals surface area (Å²) in [5, 5.41) is 0. The Morgan fingerprint density at radius 1 is 1.09 bits per heavy atom. The summed E-state index contributed by atoms with van der Waals surface area (Å²) in [5.41, 5.74) is 2.32. The van der Waals surface area contributed by atoms with Crippen molar-refractivity contribution < 1.29 is 8.95 Å². The zero-order chi connectivity index (χ0) is 16.4. The summed E-state index contributed by atoms with van der Waals surface area (Å²) in [6.45, 7) is 6.24. The van der Waals surface area contributed by atoms with E-state index in [1.165, 1.54) is 5.56 Å². The summed E-state index contributed by atoms with van der Waals surface area (Å²) < 4.78 is 18.9. The van der Waals surface area contributed by atoms with E-state index < -0.39 is 10.8 Å². The monoisotopic (exact) mass is 326 g/mol. The molecule has 1 aliphatic heterocycles. The van der Waals surface area contributed by atoms with E-state index >= 15 is 0 Å². The van der Waals surface area contributed by atoms with E-state index in [4.69, 9.17) is 4.74 Å². The SMILES string of the molecule is Cc1ccc([S@](=O)/C(=C/C(C)C)[C@@H]2O[C@H]2c2ccccc2)cc1. The average Bonchev–Trinajstić information content (AvgIpc) is 3.34. The number of ether oxygens (including phenoxy) is 1. The van der Waals surface area contributed by atoms with Gasteiger partial charge in [-0.15, -0.1) is 0 Å². The number of aryl methyl sites for hydroxylation is 1. The van der Waals surface area contributed by atoms with Crippen LogP contribution < -0.4 is 0 Å². The van der Waals surface area contributed by atoms with Crippen molar-refractivity contribution in [3.8, 4) is 0 Å². The van der Waals surface area contributed by atoms with Gasteiger partial charge in [0.2, 0.25) is 0 Å². The van der Waals surface area contributed by atoms with Crippen LogP contribution in [0.25, 0.3) is 0 Å². The van der Waals surface area contributed by atoms with Crippen LogP contribution >= 0.6 is 0 Å². The molecule has 0 amide bonds. The van der Waals surface area contributed by atoms with Crippen LogP contribution in [0.15, 0.2) is 70.5 Å². The standard InChI is InChI=1S/C20H22O2S/c1-14(2)13-18(23(21)17-11-9-15(3)10-12-17)20-19(22-20)16-7-5-4-6-8-16/h4-14,19-20H,1-3H3/b18-13+/t19-,20-,23-/m0/s1. The number of hydrogen-bond acceptors (Lipinski definition) is 2.